The van der Waals surface area contributed by atoms with E-state index in [2.05, 4.69) is 0 Å². The lowest BCUT2D eigenvalue weighted by molar-refractivity contribution is -0.156. The Morgan fingerprint density at radius 1 is 0.875 bits per heavy atom. The van der Waals surface area contributed by atoms with E-state index in [1.807, 2.05) is 42.5 Å². The molecule has 0 saturated carbocycles. The second-order valence-electron chi connectivity index (χ2n) is 8.99. The molecule has 0 amide bonds. The smallest absolute Gasteiger partial charge is 0.331 e. The molecule has 0 aromatic heterocycles. The number of sulfonamides is 1. The quantitative estimate of drug-likeness (QED) is 0.523. The van der Waals surface area contributed by atoms with E-state index >= 15 is 0 Å². The van der Waals surface area contributed by atoms with Crippen molar-refractivity contribution >= 4 is 21.7 Å². The Bertz CT molecular complexity index is 1250. The molecule has 0 aliphatic carbocycles. The molecule has 6 heteroatoms. The summed E-state index contributed by atoms with van der Waals surface area (Å²) in [7, 11) is -4.04. The van der Waals surface area contributed by atoms with E-state index in [9.17, 15) is 13.2 Å². The number of benzene rings is 3. The summed E-state index contributed by atoms with van der Waals surface area (Å²) in [6.45, 7) is 7.10. The fourth-order valence-electron chi connectivity index (χ4n) is 4.25. The average molecular weight is 450 g/mol. The zero-order valence-electron chi connectivity index (χ0n) is 18.6. The summed E-state index contributed by atoms with van der Waals surface area (Å²) in [4.78, 5) is 13.7. The highest BCUT2D eigenvalue weighted by molar-refractivity contribution is 7.93. The van der Waals surface area contributed by atoms with Crippen molar-refractivity contribution in [2.75, 3.05) is 4.31 Å². The van der Waals surface area contributed by atoms with Gasteiger partial charge in [0.15, 0.2) is 6.04 Å². The van der Waals surface area contributed by atoms with Gasteiger partial charge in [-0.2, -0.15) is 0 Å². The molecule has 0 spiro atoms. The number of carbonyl (C=O) groups is 1. The molecule has 0 bridgehead atoms. The Morgan fingerprint density at radius 3 is 2.12 bits per heavy atom. The molecule has 0 N–H and O–H groups in total. The van der Waals surface area contributed by atoms with Gasteiger partial charge in [-0.05, 0) is 56.5 Å². The number of nitrogens with zero attached hydrogens (tertiary/aromatic N) is 1. The van der Waals surface area contributed by atoms with Gasteiger partial charge in [-0.1, -0.05) is 66.7 Å². The third-order valence-electron chi connectivity index (χ3n) is 5.52. The van der Waals surface area contributed by atoms with E-state index in [-0.39, 0.29) is 4.90 Å². The van der Waals surface area contributed by atoms with E-state index in [0.29, 0.717) is 11.3 Å². The zero-order valence-corrected chi connectivity index (χ0v) is 19.5. The predicted octanol–water partition coefficient (Wildman–Crippen LogP) is 5.05. The number of fused-ring (bicyclic) bond motifs is 1. The third-order valence-corrected chi connectivity index (χ3v) is 7.47. The number of anilines is 1. The molecule has 0 fully saturated rings. The number of hydrogen-bond acceptors (Lipinski definition) is 4. The molecule has 0 radical (unpaired) electrons. The van der Waals surface area contributed by atoms with Crippen molar-refractivity contribution in [2.45, 2.75) is 50.2 Å². The van der Waals surface area contributed by atoms with Gasteiger partial charge in [-0.3, -0.25) is 4.31 Å². The molecule has 4 rings (SSSR count). The van der Waals surface area contributed by atoms with Gasteiger partial charge >= 0.3 is 5.97 Å². The van der Waals surface area contributed by atoms with Gasteiger partial charge in [0.25, 0.3) is 10.0 Å². The lowest BCUT2D eigenvalue weighted by atomic mass is 9.88. The Labute approximate surface area is 189 Å². The van der Waals surface area contributed by atoms with E-state index < -0.39 is 33.6 Å². The molecule has 1 aliphatic rings. The Hall–Kier alpha value is -3.12. The van der Waals surface area contributed by atoms with Gasteiger partial charge < -0.3 is 4.74 Å². The van der Waals surface area contributed by atoms with Crippen LogP contribution in [0.15, 0.2) is 83.8 Å². The number of hydrogen-bond donors (Lipinski definition) is 0. The first kappa shape index (κ1) is 22.1. The molecule has 1 heterocycles. The first-order chi connectivity index (χ1) is 15.1. The molecule has 3 aromatic rings. The van der Waals surface area contributed by atoms with Crippen LogP contribution < -0.4 is 4.31 Å². The zero-order chi connectivity index (χ0) is 23.1. The maximum Gasteiger partial charge on any atom is 0.331 e. The molecular weight excluding hydrogens is 422 g/mol. The van der Waals surface area contributed by atoms with Crippen molar-refractivity contribution in [1.29, 1.82) is 0 Å². The largest absolute Gasteiger partial charge is 0.458 e. The standard InChI is InChI=1S/C26H27NO4S/c1-18-12-8-11-17-22(18)32(29,30)27-21-16-10-9-15-20(21)23(19-13-6-5-7-14-19)24(27)25(28)31-26(2,3)4/h5-17,23-24H,1-4H3. The van der Waals surface area contributed by atoms with Gasteiger partial charge in [0.1, 0.15) is 5.60 Å². The molecule has 2 unspecified atom stereocenters. The number of rotatable bonds is 4. The van der Waals surface area contributed by atoms with Crippen LogP contribution in [-0.2, 0) is 19.6 Å². The van der Waals surface area contributed by atoms with Crippen molar-refractivity contribution in [2.24, 2.45) is 0 Å². The number of esters is 1. The lowest BCUT2D eigenvalue weighted by Gasteiger charge is -2.31. The second kappa shape index (κ2) is 8.10. The summed E-state index contributed by atoms with van der Waals surface area (Å²) in [5, 5.41) is 0. The Kier molecular flexibility index (Phi) is 5.59. The predicted molar refractivity (Wildman–Crippen MR) is 125 cm³/mol. The van der Waals surface area contributed by atoms with Crippen molar-refractivity contribution in [3.63, 3.8) is 0 Å². The average Bonchev–Trinajstić information content (AvgIpc) is 3.09. The lowest BCUT2D eigenvalue weighted by Crippen LogP contribution is -2.47. The van der Waals surface area contributed by atoms with Crippen LogP contribution in [-0.4, -0.2) is 26.0 Å². The fraction of sp³-hybridized carbons (Fsp3) is 0.269. The summed E-state index contributed by atoms with van der Waals surface area (Å²) < 4.78 is 35.0. The van der Waals surface area contributed by atoms with Crippen LogP contribution in [0.1, 0.15) is 43.4 Å². The highest BCUT2D eigenvalue weighted by Gasteiger charge is 2.50. The Morgan fingerprint density at radius 2 is 1.47 bits per heavy atom. The molecule has 3 aromatic carbocycles. The van der Waals surface area contributed by atoms with Gasteiger partial charge in [0, 0.05) is 5.92 Å². The number of carbonyl (C=O) groups excluding carboxylic acids is 1. The van der Waals surface area contributed by atoms with Crippen molar-refractivity contribution < 1.29 is 17.9 Å². The van der Waals surface area contributed by atoms with E-state index in [1.54, 1.807) is 64.1 Å². The van der Waals surface area contributed by atoms with Crippen LogP contribution in [0.4, 0.5) is 5.69 Å². The minimum absolute atomic E-state index is 0.178. The van der Waals surface area contributed by atoms with Crippen LogP contribution >= 0.6 is 0 Å². The van der Waals surface area contributed by atoms with Crippen molar-refractivity contribution in [3.05, 3.63) is 95.6 Å². The highest BCUT2D eigenvalue weighted by Crippen LogP contribution is 2.48. The second-order valence-corrected chi connectivity index (χ2v) is 10.8. The van der Waals surface area contributed by atoms with Crippen LogP contribution in [0.3, 0.4) is 0 Å². The first-order valence-corrected chi connectivity index (χ1v) is 12.0. The third kappa shape index (κ3) is 3.91. The van der Waals surface area contributed by atoms with Crippen LogP contribution in [0, 0.1) is 6.92 Å². The normalized spacial score (nSPS) is 18.3. The fourth-order valence-corrected chi connectivity index (χ4v) is 6.12. The number of para-hydroxylation sites is 1. The summed E-state index contributed by atoms with van der Waals surface area (Å²) in [6.07, 6.45) is 0. The van der Waals surface area contributed by atoms with Gasteiger partial charge in [0.05, 0.1) is 10.6 Å². The van der Waals surface area contributed by atoms with E-state index in [0.717, 1.165) is 11.1 Å². The molecule has 166 valence electrons. The molecule has 0 saturated heterocycles. The molecular formula is C26H27NO4S. The summed E-state index contributed by atoms with van der Waals surface area (Å²) in [6, 6.07) is 22.6. The van der Waals surface area contributed by atoms with Gasteiger partial charge in [0.2, 0.25) is 0 Å². The number of ether oxygens (including phenoxy) is 1. The van der Waals surface area contributed by atoms with E-state index in [1.165, 1.54) is 4.31 Å². The van der Waals surface area contributed by atoms with Gasteiger partial charge in [-0.15, -0.1) is 0 Å². The minimum atomic E-state index is -4.04. The van der Waals surface area contributed by atoms with Crippen LogP contribution in [0.2, 0.25) is 0 Å². The van der Waals surface area contributed by atoms with Crippen molar-refractivity contribution in [1.82, 2.24) is 0 Å². The SMILES string of the molecule is Cc1ccccc1S(=O)(=O)N1c2ccccc2C(c2ccccc2)C1C(=O)OC(C)(C)C. The van der Waals surface area contributed by atoms with Crippen LogP contribution in [0.5, 0.6) is 0 Å². The first-order valence-electron chi connectivity index (χ1n) is 10.6. The monoisotopic (exact) mass is 449 g/mol. The maximum absolute atomic E-state index is 14.0. The molecule has 2 atom stereocenters. The van der Waals surface area contributed by atoms with E-state index in [4.69, 9.17) is 4.74 Å². The topological polar surface area (TPSA) is 63.7 Å². The Balaban J connectivity index is 1.96. The van der Waals surface area contributed by atoms with Crippen molar-refractivity contribution in [3.8, 4) is 0 Å². The molecule has 5 nitrogen and oxygen atoms in total. The summed E-state index contributed by atoms with van der Waals surface area (Å²) in [5.41, 5.74) is 2.01. The molecule has 1 aliphatic heterocycles. The van der Waals surface area contributed by atoms with Gasteiger partial charge in [-0.25, -0.2) is 13.2 Å². The maximum atomic E-state index is 14.0. The minimum Gasteiger partial charge on any atom is -0.458 e. The summed E-state index contributed by atoms with van der Waals surface area (Å²) in [5.74, 6) is -1.05. The highest BCUT2D eigenvalue weighted by atomic mass is 32.2. The van der Waals surface area contributed by atoms with Crippen LogP contribution in [0.25, 0.3) is 0 Å². The molecule has 32 heavy (non-hydrogen) atoms. The summed E-state index contributed by atoms with van der Waals surface area (Å²) >= 11 is 0. The number of aryl methyl sites for hydroxylation is 1.